The van der Waals surface area contributed by atoms with Crippen LogP contribution in [0.15, 0.2) is 54.6 Å². The van der Waals surface area contributed by atoms with E-state index in [1.54, 1.807) is 0 Å². The van der Waals surface area contributed by atoms with Crippen LogP contribution < -0.4 is 14.8 Å². The molecular formula is C21H25NO3. The van der Waals surface area contributed by atoms with Gasteiger partial charge in [-0.15, -0.1) is 0 Å². The molecule has 0 bridgehead atoms. The average molecular weight is 339 g/mol. The Morgan fingerprint density at radius 1 is 0.880 bits per heavy atom. The van der Waals surface area contributed by atoms with E-state index in [4.69, 9.17) is 9.47 Å². The maximum atomic E-state index is 12.0. The molecule has 1 aliphatic carbocycles. The number of amides is 1. The SMILES string of the molecule is O=C(COc1ccc(OCc2ccccc2)cc1)NC1CCCCC1. The number of rotatable bonds is 7. The Labute approximate surface area is 149 Å². The first-order valence-electron chi connectivity index (χ1n) is 8.98. The standard InChI is InChI=1S/C21H25NO3/c23-21(22-18-9-5-2-6-10-18)16-25-20-13-11-19(12-14-20)24-15-17-7-3-1-4-8-17/h1,3-4,7-8,11-14,18H,2,5-6,9-10,15-16H2,(H,22,23). The first kappa shape index (κ1) is 17.3. The molecule has 132 valence electrons. The molecule has 2 aromatic rings. The van der Waals surface area contributed by atoms with Crippen molar-refractivity contribution in [1.29, 1.82) is 0 Å². The lowest BCUT2D eigenvalue weighted by molar-refractivity contribution is -0.124. The van der Waals surface area contributed by atoms with Crippen LogP contribution in [0.5, 0.6) is 11.5 Å². The third kappa shape index (κ3) is 5.82. The molecule has 2 aromatic carbocycles. The van der Waals surface area contributed by atoms with Crippen molar-refractivity contribution in [3.8, 4) is 11.5 Å². The molecular weight excluding hydrogens is 314 g/mol. The summed E-state index contributed by atoms with van der Waals surface area (Å²) in [5.41, 5.74) is 1.13. The first-order chi connectivity index (χ1) is 12.3. The van der Waals surface area contributed by atoms with Gasteiger partial charge in [-0.3, -0.25) is 4.79 Å². The molecule has 0 atom stereocenters. The molecule has 0 radical (unpaired) electrons. The fourth-order valence-electron chi connectivity index (χ4n) is 3.04. The third-order valence-corrected chi connectivity index (χ3v) is 4.41. The lowest BCUT2D eigenvalue weighted by Crippen LogP contribution is -2.38. The number of ether oxygens (including phenoxy) is 2. The maximum Gasteiger partial charge on any atom is 0.258 e. The largest absolute Gasteiger partial charge is 0.489 e. The van der Waals surface area contributed by atoms with Gasteiger partial charge in [0.15, 0.2) is 6.61 Å². The van der Waals surface area contributed by atoms with Gasteiger partial charge in [-0.1, -0.05) is 49.6 Å². The van der Waals surface area contributed by atoms with Gasteiger partial charge in [0.25, 0.3) is 5.91 Å². The van der Waals surface area contributed by atoms with E-state index in [1.165, 1.54) is 19.3 Å². The summed E-state index contributed by atoms with van der Waals surface area (Å²) in [5, 5.41) is 3.05. The Kier molecular flexibility index (Phi) is 6.32. The van der Waals surface area contributed by atoms with Crippen molar-refractivity contribution in [3.05, 3.63) is 60.2 Å². The maximum absolute atomic E-state index is 12.0. The van der Waals surface area contributed by atoms with Crippen molar-refractivity contribution in [2.24, 2.45) is 0 Å². The van der Waals surface area contributed by atoms with Gasteiger partial charge in [0, 0.05) is 6.04 Å². The van der Waals surface area contributed by atoms with Gasteiger partial charge in [-0.2, -0.15) is 0 Å². The van der Waals surface area contributed by atoms with Crippen molar-refractivity contribution in [2.75, 3.05) is 6.61 Å². The Balaban J connectivity index is 1.40. The second-order valence-electron chi connectivity index (χ2n) is 6.44. The zero-order chi connectivity index (χ0) is 17.3. The van der Waals surface area contributed by atoms with E-state index in [0.29, 0.717) is 18.4 Å². The van der Waals surface area contributed by atoms with Gasteiger partial charge in [-0.25, -0.2) is 0 Å². The molecule has 0 saturated heterocycles. The molecule has 0 aromatic heterocycles. The lowest BCUT2D eigenvalue weighted by atomic mass is 9.95. The number of carbonyl (C=O) groups is 1. The van der Waals surface area contributed by atoms with Crippen LogP contribution in [0.25, 0.3) is 0 Å². The second kappa shape index (κ2) is 9.11. The van der Waals surface area contributed by atoms with Crippen LogP contribution in [0, 0.1) is 0 Å². The minimum Gasteiger partial charge on any atom is -0.489 e. The summed E-state index contributed by atoms with van der Waals surface area (Å²) in [4.78, 5) is 12.0. The van der Waals surface area contributed by atoms with Crippen LogP contribution in [-0.2, 0) is 11.4 Å². The van der Waals surface area contributed by atoms with Crippen LogP contribution in [0.3, 0.4) is 0 Å². The highest BCUT2D eigenvalue weighted by Gasteiger charge is 2.15. The van der Waals surface area contributed by atoms with Crippen molar-refractivity contribution >= 4 is 5.91 Å². The highest BCUT2D eigenvalue weighted by atomic mass is 16.5. The van der Waals surface area contributed by atoms with Crippen LogP contribution in [0.1, 0.15) is 37.7 Å². The van der Waals surface area contributed by atoms with E-state index >= 15 is 0 Å². The summed E-state index contributed by atoms with van der Waals surface area (Å²) in [6.45, 7) is 0.589. The van der Waals surface area contributed by atoms with Crippen LogP contribution in [0.2, 0.25) is 0 Å². The summed E-state index contributed by atoms with van der Waals surface area (Å²) >= 11 is 0. The topological polar surface area (TPSA) is 47.6 Å². The van der Waals surface area contributed by atoms with E-state index < -0.39 is 0 Å². The minimum atomic E-state index is -0.0451. The van der Waals surface area contributed by atoms with Crippen molar-refractivity contribution < 1.29 is 14.3 Å². The van der Waals surface area contributed by atoms with Gasteiger partial charge >= 0.3 is 0 Å². The normalized spacial score (nSPS) is 14.7. The van der Waals surface area contributed by atoms with Gasteiger partial charge in [0.1, 0.15) is 18.1 Å². The second-order valence-corrected chi connectivity index (χ2v) is 6.44. The molecule has 25 heavy (non-hydrogen) atoms. The molecule has 1 fully saturated rings. The van der Waals surface area contributed by atoms with E-state index in [1.807, 2.05) is 54.6 Å². The van der Waals surface area contributed by atoms with Gasteiger partial charge in [0.05, 0.1) is 0 Å². The number of carbonyl (C=O) groups excluding carboxylic acids is 1. The summed E-state index contributed by atoms with van der Waals surface area (Å²) in [6, 6.07) is 17.7. The fourth-order valence-corrected chi connectivity index (χ4v) is 3.04. The third-order valence-electron chi connectivity index (χ3n) is 4.41. The van der Waals surface area contributed by atoms with E-state index in [2.05, 4.69) is 5.32 Å². The van der Waals surface area contributed by atoms with E-state index in [-0.39, 0.29) is 12.5 Å². The monoisotopic (exact) mass is 339 g/mol. The number of nitrogens with one attached hydrogen (secondary N) is 1. The molecule has 3 rings (SSSR count). The molecule has 0 unspecified atom stereocenters. The lowest BCUT2D eigenvalue weighted by Gasteiger charge is -2.22. The van der Waals surface area contributed by atoms with E-state index in [0.717, 1.165) is 24.2 Å². The molecule has 1 amide bonds. The van der Waals surface area contributed by atoms with Gasteiger partial charge in [0.2, 0.25) is 0 Å². The first-order valence-corrected chi connectivity index (χ1v) is 8.98. The zero-order valence-corrected chi connectivity index (χ0v) is 14.4. The molecule has 1 aliphatic rings. The van der Waals surface area contributed by atoms with Gasteiger partial charge in [-0.05, 0) is 42.7 Å². The van der Waals surface area contributed by atoms with Crippen molar-refractivity contribution in [2.45, 2.75) is 44.8 Å². The minimum absolute atomic E-state index is 0.0451. The highest BCUT2D eigenvalue weighted by molar-refractivity contribution is 5.77. The van der Waals surface area contributed by atoms with Crippen molar-refractivity contribution in [1.82, 2.24) is 5.32 Å². The predicted molar refractivity (Wildman–Crippen MR) is 97.7 cm³/mol. The summed E-state index contributed by atoms with van der Waals surface area (Å²) < 4.78 is 11.3. The van der Waals surface area contributed by atoms with Crippen molar-refractivity contribution in [3.63, 3.8) is 0 Å². The Morgan fingerprint density at radius 2 is 1.52 bits per heavy atom. The Morgan fingerprint density at radius 3 is 2.20 bits per heavy atom. The number of benzene rings is 2. The molecule has 4 nitrogen and oxygen atoms in total. The summed E-state index contributed by atoms with van der Waals surface area (Å²) in [6.07, 6.45) is 5.85. The van der Waals surface area contributed by atoms with Gasteiger partial charge < -0.3 is 14.8 Å². The molecule has 4 heteroatoms. The van der Waals surface area contributed by atoms with Crippen LogP contribution in [0.4, 0.5) is 0 Å². The van der Waals surface area contributed by atoms with Crippen LogP contribution >= 0.6 is 0 Å². The summed E-state index contributed by atoms with van der Waals surface area (Å²) in [7, 11) is 0. The number of hydrogen-bond donors (Lipinski definition) is 1. The molecule has 1 saturated carbocycles. The molecule has 1 N–H and O–H groups in total. The Hall–Kier alpha value is -2.49. The van der Waals surface area contributed by atoms with Crippen LogP contribution in [-0.4, -0.2) is 18.6 Å². The molecule has 0 heterocycles. The zero-order valence-electron chi connectivity index (χ0n) is 14.4. The fraction of sp³-hybridized carbons (Fsp3) is 0.381. The predicted octanol–water partition coefficient (Wildman–Crippen LogP) is 4.09. The molecule has 0 spiro atoms. The highest BCUT2D eigenvalue weighted by Crippen LogP contribution is 2.19. The average Bonchev–Trinajstić information content (AvgIpc) is 2.67. The smallest absolute Gasteiger partial charge is 0.258 e. The quantitative estimate of drug-likeness (QED) is 0.826. The van der Waals surface area contributed by atoms with E-state index in [9.17, 15) is 4.79 Å². The number of hydrogen-bond acceptors (Lipinski definition) is 3. The Bertz CT molecular complexity index is 649. The molecule has 0 aliphatic heterocycles. The summed E-state index contributed by atoms with van der Waals surface area (Å²) in [5.74, 6) is 1.41.